The third-order valence-electron chi connectivity index (χ3n) is 4.11. The van der Waals surface area contributed by atoms with Crippen LogP contribution >= 0.6 is 15.9 Å². The van der Waals surface area contributed by atoms with Crippen molar-refractivity contribution in [1.29, 1.82) is 0 Å². The summed E-state index contributed by atoms with van der Waals surface area (Å²) in [6, 6.07) is 7.32. The summed E-state index contributed by atoms with van der Waals surface area (Å²) in [5.41, 5.74) is 6.69. The number of carbonyl (C=O) groups is 1. The third kappa shape index (κ3) is 5.86. The third-order valence-corrected chi connectivity index (χ3v) is 4.64. The predicted molar refractivity (Wildman–Crippen MR) is 97.6 cm³/mol. The van der Waals surface area contributed by atoms with Gasteiger partial charge in [0, 0.05) is 36.2 Å². The van der Waals surface area contributed by atoms with Crippen LogP contribution in [0.2, 0.25) is 0 Å². The SMILES string of the molecule is CC1CCN(C(N)=NCCCNC(=O)c2ccc(Br)cc2)CC1. The van der Waals surface area contributed by atoms with Crippen molar-refractivity contribution in [2.24, 2.45) is 16.6 Å². The molecule has 0 saturated carbocycles. The fourth-order valence-electron chi connectivity index (χ4n) is 2.52. The number of benzene rings is 1. The minimum Gasteiger partial charge on any atom is -0.370 e. The molecule has 6 heteroatoms. The number of nitrogens with zero attached hydrogens (tertiary/aromatic N) is 2. The van der Waals surface area contributed by atoms with Gasteiger partial charge in [-0.1, -0.05) is 22.9 Å². The minimum absolute atomic E-state index is 0.0560. The lowest BCUT2D eigenvalue weighted by molar-refractivity contribution is 0.0953. The molecule has 1 aromatic carbocycles. The molecule has 1 saturated heterocycles. The Balaban J connectivity index is 1.66. The van der Waals surface area contributed by atoms with Gasteiger partial charge in [-0.2, -0.15) is 0 Å². The Bertz CT molecular complexity index is 536. The lowest BCUT2D eigenvalue weighted by Crippen LogP contribution is -2.42. The molecule has 0 atom stereocenters. The van der Waals surface area contributed by atoms with Gasteiger partial charge < -0.3 is 16.0 Å². The van der Waals surface area contributed by atoms with Gasteiger partial charge in [-0.3, -0.25) is 9.79 Å². The van der Waals surface area contributed by atoms with Gasteiger partial charge in [-0.25, -0.2) is 0 Å². The lowest BCUT2D eigenvalue weighted by Gasteiger charge is -2.31. The van der Waals surface area contributed by atoms with Crippen LogP contribution in [-0.4, -0.2) is 42.9 Å². The smallest absolute Gasteiger partial charge is 0.251 e. The standard InChI is InChI=1S/C17H25BrN4O/c1-13-7-11-22(12-8-13)17(19)21-10-2-9-20-16(23)14-3-5-15(18)6-4-14/h3-6,13H,2,7-12H2,1H3,(H2,19,21)(H,20,23). The fourth-order valence-corrected chi connectivity index (χ4v) is 2.78. The van der Waals surface area contributed by atoms with Crippen molar-refractivity contribution in [3.05, 3.63) is 34.3 Å². The van der Waals surface area contributed by atoms with E-state index in [1.807, 2.05) is 12.1 Å². The maximum absolute atomic E-state index is 11.9. The molecule has 5 nitrogen and oxygen atoms in total. The molecule has 0 aromatic heterocycles. The summed E-state index contributed by atoms with van der Waals surface area (Å²) in [7, 11) is 0. The highest BCUT2D eigenvalue weighted by atomic mass is 79.9. The Labute approximate surface area is 146 Å². The van der Waals surface area contributed by atoms with E-state index in [1.165, 1.54) is 12.8 Å². The Morgan fingerprint density at radius 3 is 2.65 bits per heavy atom. The number of rotatable bonds is 5. The van der Waals surface area contributed by atoms with Crippen LogP contribution in [0, 0.1) is 5.92 Å². The van der Waals surface area contributed by atoms with Crippen molar-refractivity contribution in [3.8, 4) is 0 Å². The summed E-state index contributed by atoms with van der Waals surface area (Å²) in [6.45, 7) is 5.51. The fraction of sp³-hybridized carbons (Fsp3) is 0.529. The average molecular weight is 381 g/mol. The molecule has 2 rings (SSSR count). The van der Waals surface area contributed by atoms with Crippen molar-refractivity contribution in [2.75, 3.05) is 26.2 Å². The number of piperidine rings is 1. The van der Waals surface area contributed by atoms with E-state index in [0.717, 1.165) is 29.9 Å². The van der Waals surface area contributed by atoms with E-state index in [2.05, 4.69) is 38.1 Å². The van der Waals surface area contributed by atoms with Crippen LogP contribution < -0.4 is 11.1 Å². The quantitative estimate of drug-likeness (QED) is 0.468. The summed E-state index contributed by atoms with van der Waals surface area (Å²) in [4.78, 5) is 18.5. The number of nitrogens with two attached hydrogens (primary N) is 1. The minimum atomic E-state index is -0.0560. The van der Waals surface area contributed by atoms with Crippen LogP contribution in [-0.2, 0) is 0 Å². The molecule has 0 aliphatic carbocycles. The average Bonchev–Trinajstić information content (AvgIpc) is 2.55. The summed E-state index contributed by atoms with van der Waals surface area (Å²) in [5, 5.41) is 2.90. The Morgan fingerprint density at radius 1 is 1.35 bits per heavy atom. The summed E-state index contributed by atoms with van der Waals surface area (Å²) in [5.74, 6) is 1.36. The number of carbonyl (C=O) groups excluding carboxylic acids is 1. The number of halogens is 1. The normalized spacial score (nSPS) is 16.4. The summed E-state index contributed by atoms with van der Waals surface area (Å²) in [6.07, 6.45) is 3.14. The number of nitrogens with one attached hydrogen (secondary N) is 1. The van der Waals surface area contributed by atoms with E-state index in [9.17, 15) is 4.79 Å². The number of aliphatic imine (C=N–C) groups is 1. The molecule has 0 unspecified atom stereocenters. The number of guanidine groups is 1. The number of likely N-dealkylation sites (tertiary alicyclic amines) is 1. The van der Waals surface area contributed by atoms with Gasteiger partial charge in [0.05, 0.1) is 0 Å². The van der Waals surface area contributed by atoms with Crippen molar-refractivity contribution < 1.29 is 4.79 Å². The number of hydrogen-bond acceptors (Lipinski definition) is 2. The monoisotopic (exact) mass is 380 g/mol. The molecule has 1 heterocycles. The van der Waals surface area contributed by atoms with E-state index < -0.39 is 0 Å². The zero-order valence-corrected chi connectivity index (χ0v) is 15.2. The van der Waals surface area contributed by atoms with Crippen LogP contribution in [0.25, 0.3) is 0 Å². The highest BCUT2D eigenvalue weighted by molar-refractivity contribution is 9.10. The van der Waals surface area contributed by atoms with E-state index in [4.69, 9.17) is 5.73 Å². The predicted octanol–water partition coefficient (Wildman–Crippen LogP) is 2.62. The van der Waals surface area contributed by atoms with Crippen LogP contribution in [0.15, 0.2) is 33.7 Å². The van der Waals surface area contributed by atoms with Crippen LogP contribution in [0.4, 0.5) is 0 Å². The van der Waals surface area contributed by atoms with Crippen molar-refractivity contribution in [3.63, 3.8) is 0 Å². The largest absolute Gasteiger partial charge is 0.370 e. The molecule has 3 N–H and O–H groups in total. The van der Waals surface area contributed by atoms with Crippen molar-refractivity contribution in [1.82, 2.24) is 10.2 Å². The molecule has 1 aromatic rings. The Hall–Kier alpha value is -1.56. The van der Waals surface area contributed by atoms with Crippen LogP contribution in [0.3, 0.4) is 0 Å². The first kappa shape index (κ1) is 17.8. The second-order valence-electron chi connectivity index (χ2n) is 6.03. The molecular formula is C17H25BrN4O. The molecule has 23 heavy (non-hydrogen) atoms. The first-order chi connectivity index (χ1) is 11.1. The molecular weight excluding hydrogens is 356 g/mol. The zero-order chi connectivity index (χ0) is 16.7. The number of amides is 1. The Kier molecular flexibility index (Phi) is 6.89. The van der Waals surface area contributed by atoms with Crippen molar-refractivity contribution in [2.45, 2.75) is 26.2 Å². The second-order valence-corrected chi connectivity index (χ2v) is 6.94. The first-order valence-corrected chi connectivity index (χ1v) is 8.94. The molecule has 1 amide bonds. The second kappa shape index (κ2) is 8.91. The van der Waals surface area contributed by atoms with Crippen LogP contribution in [0.5, 0.6) is 0 Å². The molecule has 0 bridgehead atoms. The van der Waals surface area contributed by atoms with Gasteiger partial charge >= 0.3 is 0 Å². The number of hydrogen-bond donors (Lipinski definition) is 2. The highest BCUT2D eigenvalue weighted by Crippen LogP contribution is 2.15. The first-order valence-electron chi connectivity index (χ1n) is 8.15. The van der Waals surface area contributed by atoms with E-state index >= 15 is 0 Å². The Morgan fingerprint density at radius 2 is 2.00 bits per heavy atom. The maximum atomic E-state index is 11.9. The van der Waals surface area contributed by atoms with E-state index in [0.29, 0.717) is 24.6 Å². The highest BCUT2D eigenvalue weighted by Gasteiger charge is 2.16. The van der Waals surface area contributed by atoms with Gasteiger partial charge in [-0.05, 0) is 49.4 Å². The molecule has 1 aliphatic heterocycles. The van der Waals surface area contributed by atoms with Gasteiger partial charge in [0.2, 0.25) is 0 Å². The molecule has 0 radical (unpaired) electrons. The molecule has 1 fully saturated rings. The van der Waals surface area contributed by atoms with Gasteiger partial charge in [0.25, 0.3) is 5.91 Å². The molecule has 0 spiro atoms. The zero-order valence-electron chi connectivity index (χ0n) is 13.6. The van der Waals surface area contributed by atoms with Gasteiger partial charge in [0.15, 0.2) is 5.96 Å². The summed E-state index contributed by atoms with van der Waals surface area (Å²) >= 11 is 3.36. The topological polar surface area (TPSA) is 70.7 Å². The van der Waals surface area contributed by atoms with E-state index in [-0.39, 0.29) is 5.91 Å². The van der Waals surface area contributed by atoms with Gasteiger partial charge in [-0.15, -0.1) is 0 Å². The molecule has 126 valence electrons. The summed E-state index contributed by atoms with van der Waals surface area (Å²) < 4.78 is 0.964. The van der Waals surface area contributed by atoms with Gasteiger partial charge in [0.1, 0.15) is 0 Å². The van der Waals surface area contributed by atoms with Crippen molar-refractivity contribution >= 4 is 27.8 Å². The van der Waals surface area contributed by atoms with E-state index in [1.54, 1.807) is 12.1 Å². The molecule has 1 aliphatic rings. The maximum Gasteiger partial charge on any atom is 0.251 e. The lowest BCUT2D eigenvalue weighted by atomic mass is 10.00. The van der Waals surface area contributed by atoms with Crippen LogP contribution in [0.1, 0.15) is 36.5 Å².